The van der Waals surface area contributed by atoms with Crippen LogP contribution in [-0.4, -0.2) is 34.9 Å². The van der Waals surface area contributed by atoms with Crippen molar-refractivity contribution in [2.24, 2.45) is 7.05 Å². The van der Waals surface area contributed by atoms with E-state index in [-0.39, 0.29) is 5.91 Å². The van der Waals surface area contributed by atoms with Crippen LogP contribution in [0.3, 0.4) is 0 Å². The van der Waals surface area contributed by atoms with E-state index in [1.807, 2.05) is 0 Å². The smallest absolute Gasteiger partial charge is 0.271 e. The van der Waals surface area contributed by atoms with Crippen molar-refractivity contribution in [3.8, 4) is 0 Å². The zero-order valence-corrected chi connectivity index (χ0v) is 12.3. The number of hydrogen-bond donors (Lipinski definition) is 2. The largest absolute Gasteiger partial charge is 0.395 e. The molecule has 0 saturated heterocycles. The van der Waals surface area contributed by atoms with Crippen LogP contribution in [-0.2, 0) is 11.8 Å². The maximum Gasteiger partial charge on any atom is 0.271 e. The molecule has 0 aliphatic heterocycles. The minimum atomic E-state index is -0.196. The Morgan fingerprint density at radius 3 is 2.75 bits per heavy atom. The zero-order chi connectivity index (χ0) is 14.5. The van der Waals surface area contributed by atoms with Crippen molar-refractivity contribution in [3.05, 3.63) is 11.4 Å². The summed E-state index contributed by atoms with van der Waals surface area (Å²) in [4.78, 5) is 12.0. The van der Waals surface area contributed by atoms with Crippen LogP contribution in [0.1, 0.15) is 48.3 Å². The zero-order valence-electron chi connectivity index (χ0n) is 12.3. The summed E-state index contributed by atoms with van der Waals surface area (Å²) < 4.78 is 7.28. The molecule has 1 aliphatic rings. The number of aromatic nitrogens is 2. The Bertz CT molecular complexity index is 464. The molecule has 3 N–H and O–H groups in total. The van der Waals surface area contributed by atoms with E-state index in [1.54, 1.807) is 14.0 Å². The first kappa shape index (κ1) is 14.8. The number of rotatable bonds is 5. The van der Waals surface area contributed by atoms with Crippen LogP contribution in [0.4, 0.5) is 5.69 Å². The van der Waals surface area contributed by atoms with Crippen LogP contribution < -0.4 is 11.1 Å². The average molecular weight is 280 g/mol. The van der Waals surface area contributed by atoms with Gasteiger partial charge < -0.3 is 15.8 Å². The Hall–Kier alpha value is -1.56. The number of aryl methyl sites for hydroxylation is 2. The molecule has 1 saturated carbocycles. The first-order valence-electron chi connectivity index (χ1n) is 7.28. The van der Waals surface area contributed by atoms with Gasteiger partial charge in [-0.15, -0.1) is 0 Å². The lowest BCUT2D eigenvalue weighted by molar-refractivity contribution is 0.0299. The minimum absolute atomic E-state index is 0.196. The van der Waals surface area contributed by atoms with Crippen LogP contribution in [0.15, 0.2) is 0 Å². The summed E-state index contributed by atoms with van der Waals surface area (Å²) in [6.07, 6.45) is 6.47. The lowest BCUT2D eigenvalue weighted by atomic mass is 9.98. The normalized spacial score (nSPS) is 16.3. The molecular weight excluding hydrogens is 256 g/mol. The Labute approximate surface area is 119 Å². The third kappa shape index (κ3) is 3.50. The monoisotopic (exact) mass is 280 g/mol. The Balaban J connectivity index is 1.74. The third-order valence-corrected chi connectivity index (χ3v) is 3.78. The second-order valence-corrected chi connectivity index (χ2v) is 5.36. The topological polar surface area (TPSA) is 82.2 Å². The van der Waals surface area contributed by atoms with Crippen molar-refractivity contribution in [3.63, 3.8) is 0 Å². The van der Waals surface area contributed by atoms with Crippen LogP contribution in [0.5, 0.6) is 0 Å². The van der Waals surface area contributed by atoms with E-state index in [0.717, 1.165) is 12.8 Å². The van der Waals surface area contributed by atoms with Crippen LogP contribution in [0, 0.1) is 6.92 Å². The predicted molar refractivity (Wildman–Crippen MR) is 77.5 cm³/mol. The van der Waals surface area contributed by atoms with Crippen molar-refractivity contribution < 1.29 is 9.53 Å². The summed E-state index contributed by atoms with van der Waals surface area (Å²) in [5, 5.41) is 6.96. The van der Waals surface area contributed by atoms with Crippen molar-refractivity contribution in [1.29, 1.82) is 0 Å². The van der Waals surface area contributed by atoms with E-state index in [1.165, 1.54) is 23.9 Å². The van der Waals surface area contributed by atoms with E-state index < -0.39 is 0 Å². The highest BCUT2D eigenvalue weighted by Gasteiger charge is 2.18. The summed E-state index contributed by atoms with van der Waals surface area (Å²) in [5.74, 6) is -0.196. The Morgan fingerprint density at radius 1 is 1.45 bits per heavy atom. The van der Waals surface area contributed by atoms with Gasteiger partial charge in [0.2, 0.25) is 0 Å². The van der Waals surface area contributed by atoms with Gasteiger partial charge in [0, 0.05) is 13.6 Å². The number of carbonyl (C=O) groups is 1. The first-order valence-corrected chi connectivity index (χ1v) is 7.28. The molecule has 1 aliphatic carbocycles. The lowest BCUT2D eigenvalue weighted by Crippen LogP contribution is -2.31. The van der Waals surface area contributed by atoms with Crippen molar-refractivity contribution in [2.75, 3.05) is 18.9 Å². The standard InChI is InChI=1S/C14H24N4O2/c1-10-12(15)13(18(2)17-10)14(19)16-8-9-20-11-6-4-3-5-7-11/h11H,3-9,15H2,1-2H3,(H,16,19). The number of nitrogen functional groups attached to an aromatic ring is 1. The van der Waals surface area contributed by atoms with Crippen molar-refractivity contribution in [2.45, 2.75) is 45.1 Å². The number of nitrogens with one attached hydrogen (secondary N) is 1. The van der Waals surface area contributed by atoms with E-state index in [9.17, 15) is 4.79 Å². The minimum Gasteiger partial charge on any atom is -0.395 e. The van der Waals surface area contributed by atoms with Crippen LogP contribution >= 0.6 is 0 Å². The Morgan fingerprint density at radius 2 is 2.15 bits per heavy atom. The summed E-state index contributed by atoms with van der Waals surface area (Å²) >= 11 is 0. The number of nitrogens with two attached hydrogens (primary N) is 1. The van der Waals surface area contributed by atoms with Crippen LogP contribution in [0.25, 0.3) is 0 Å². The van der Waals surface area contributed by atoms with Crippen LogP contribution in [0.2, 0.25) is 0 Å². The van der Waals surface area contributed by atoms with Gasteiger partial charge in [-0.05, 0) is 19.8 Å². The number of anilines is 1. The van der Waals surface area contributed by atoms with E-state index in [4.69, 9.17) is 10.5 Å². The molecule has 2 rings (SSSR count). The summed E-state index contributed by atoms with van der Waals surface area (Å²) in [6.45, 7) is 2.84. The Kier molecular flexibility index (Phi) is 5.00. The van der Waals surface area contributed by atoms with E-state index in [0.29, 0.717) is 36.3 Å². The number of nitrogens with zero attached hydrogens (tertiary/aromatic N) is 2. The fraction of sp³-hybridized carbons (Fsp3) is 0.714. The average Bonchev–Trinajstić information content (AvgIpc) is 2.69. The highest BCUT2D eigenvalue weighted by molar-refractivity contribution is 5.97. The fourth-order valence-corrected chi connectivity index (χ4v) is 2.65. The summed E-state index contributed by atoms with van der Waals surface area (Å²) in [6, 6.07) is 0. The van der Waals surface area contributed by atoms with Gasteiger partial charge in [0.25, 0.3) is 5.91 Å². The number of carbonyl (C=O) groups excluding carboxylic acids is 1. The van der Waals surface area contributed by atoms with Gasteiger partial charge in [0.05, 0.1) is 24.1 Å². The summed E-state index contributed by atoms with van der Waals surface area (Å²) in [7, 11) is 1.72. The second-order valence-electron chi connectivity index (χ2n) is 5.36. The van der Waals surface area contributed by atoms with Crippen molar-refractivity contribution in [1.82, 2.24) is 15.1 Å². The molecule has 0 unspecified atom stereocenters. The van der Waals surface area contributed by atoms with Gasteiger partial charge in [0.1, 0.15) is 5.69 Å². The molecule has 1 fully saturated rings. The third-order valence-electron chi connectivity index (χ3n) is 3.78. The van der Waals surface area contributed by atoms with Gasteiger partial charge >= 0.3 is 0 Å². The quantitative estimate of drug-likeness (QED) is 0.799. The maximum absolute atomic E-state index is 12.0. The maximum atomic E-state index is 12.0. The molecule has 6 heteroatoms. The number of ether oxygens (including phenoxy) is 1. The second kappa shape index (κ2) is 6.74. The molecule has 1 amide bonds. The summed E-state index contributed by atoms with van der Waals surface area (Å²) in [5.41, 5.74) is 7.39. The van der Waals surface area contributed by atoms with Gasteiger partial charge in [-0.2, -0.15) is 5.10 Å². The van der Waals surface area contributed by atoms with Gasteiger partial charge in [-0.25, -0.2) is 0 Å². The highest BCUT2D eigenvalue weighted by atomic mass is 16.5. The highest BCUT2D eigenvalue weighted by Crippen LogP contribution is 2.20. The molecular formula is C14H24N4O2. The molecule has 1 aromatic rings. The molecule has 0 atom stereocenters. The number of hydrogen-bond acceptors (Lipinski definition) is 4. The molecule has 20 heavy (non-hydrogen) atoms. The first-order chi connectivity index (χ1) is 9.59. The molecule has 0 spiro atoms. The molecule has 0 bridgehead atoms. The van der Waals surface area contributed by atoms with E-state index in [2.05, 4.69) is 10.4 Å². The fourth-order valence-electron chi connectivity index (χ4n) is 2.65. The molecule has 6 nitrogen and oxygen atoms in total. The molecule has 1 heterocycles. The van der Waals surface area contributed by atoms with Crippen molar-refractivity contribution >= 4 is 11.6 Å². The SMILES string of the molecule is Cc1nn(C)c(C(=O)NCCOC2CCCCC2)c1N. The number of amides is 1. The predicted octanol–water partition coefficient (Wildman–Crippen LogP) is 1.39. The van der Waals surface area contributed by atoms with Gasteiger partial charge in [-0.3, -0.25) is 9.48 Å². The molecule has 112 valence electrons. The van der Waals surface area contributed by atoms with E-state index >= 15 is 0 Å². The molecule has 0 radical (unpaired) electrons. The molecule has 1 aromatic heterocycles. The lowest BCUT2D eigenvalue weighted by Gasteiger charge is -2.22. The van der Waals surface area contributed by atoms with Gasteiger partial charge in [-0.1, -0.05) is 19.3 Å². The van der Waals surface area contributed by atoms with Gasteiger partial charge in [0.15, 0.2) is 0 Å². The molecule has 0 aromatic carbocycles.